The maximum atomic E-state index is 11.9. The number of rotatable bonds is 6. The van der Waals surface area contributed by atoms with Gasteiger partial charge in [-0.15, -0.1) is 0 Å². The normalized spacial score (nSPS) is 10.0. The van der Waals surface area contributed by atoms with Crippen LogP contribution < -0.4 is 10.1 Å². The highest BCUT2D eigenvalue weighted by atomic mass is 35.5. The second-order valence-corrected chi connectivity index (χ2v) is 4.61. The molecule has 7 heteroatoms. The molecule has 0 saturated heterocycles. The Balaban J connectivity index is 2.63. The van der Waals surface area contributed by atoms with Gasteiger partial charge in [0.05, 0.1) is 11.6 Å². The number of carbonyl (C=O) groups is 2. The largest absolute Gasteiger partial charge is 0.478 e. The van der Waals surface area contributed by atoms with Crippen LogP contribution in [0.15, 0.2) is 12.1 Å². The van der Waals surface area contributed by atoms with Gasteiger partial charge in [0, 0.05) is 33.1 Å². The molecule has 1 heterocycles. The first-order valence-electron chi connectivity index (χ1n) is 6.23. The SMILES string of the molecule is CCOc1ccc(Cl)c(C(=O)NCCC(=O)N(C)C)n1. The monoisotopic (exact) mass is 299 g/mol. The van der Waals surface area contributed by atoms with Gasteiger partial charge in [0.1, 0.15) is 0 Å². The number of aromatic nitrogens is 1. The first-order valence-corrected chi connectivity index (χ1v) is 6.61. The standard InChI is InChI=1S/C13H18ClN3O3/c1-4-20-10-6-5-9(14)12(16-10)13(19)15-8-7-11(18)17(2)3/h5-6H,4,7-8H2,1-3H3,(H,15,19). The summed E-state index contributed by atoms with van der Waals surface area (Å²) in [7, 11) is 3.32. The van der Waals surface area contributed by atoms with Gasteiger partial charge < -0.3 is 15.0 Å². The number of hydrogen-bond acceptors (Lipinski definition) is 4. The molecule has 1 aromatic rings. The molecule has 0 aliphatic rings. The molecule has 0 spiro atoms. The molecule has 1 rings (SSSR count). The van der Waals surface area contributed by atoms with Crippen LogP contribution >= 0.6 is 11.6 Å². The molecule has 0 aromatic carbocycles. The molecule has 0 saturated carbocycles. The average molecular weight is 300 g/mol. The third kappa shape index (κ3) is 4.70. The Labute approximate surface area is 123 Å². The molecule has 0 aliphatic carbocycles. The zero-order chi connectivity index (χ0) is 15.1. The number of carbonyl (C=O) groups excluding carboxylic acids is 2. The number of nitrogens with one attached hydrogen (secondary N) is 1. The second-order valence-electron chi connectivity index (χ2n) is 4.21. The fraction of sp³-hybridized carbons (Fsp3) is 0.462. The predicted octanol–water partition coefficient (Wildman–Crippen LogP) is 1.34. The number of ether oxygens (including phenoxy) is 1. The van der Waals surface area contributed by atoms with E-state index in [2.05, 4.69) is 10.3 Å². The first kappa shape index (κ1) is 16.2. The van der Waals surface area contributed by atoms with Gasteiger partial charge in [-0.05, 0) is 13.0 Å². The van der Waals surface area contributed by atoms with E-state index in [9.17, 15) is 9.59 Å². The lowest BCUT2D eigenvalue weighted by molar-refractivity contribution is -0.128. The van der Waals surface area contributed by atoms with E-state index in [4.69, 9.17) is 16.3 Å². The third-order valence-corrected chi connectivity index (χ3v) is 2.76. The van der Waals surface area contributed by atoms with Gasteiger partial charge in [-0.3, -0.25) is 9.59 Å². The highest BCUT2D eigenvalue weighted by Crippen LogP contribution is 2.17. The van der Waals surface area contributed by atoms with Crippen molar-refractivity contribution in [3.05, 3.63) is 22.8 Å². The molecule has 0 aliphatic heterocycles. The highest BCUT2D eigenvalue weighted by Gasteiger charge is 2.14. The Hall–Kier alpha value is -1.82. The molecule has 110 valence electrons. The van der Waals surface area contributed by atoms with E-state index in [0.717, 1.165) is 0 Å². The van der Waals surface area contributed by atoms with E-state index in [0.29, 0.717) is 12.5 Å². The van der Waals surface area contributed by atoms with E-state index in [1.54, 1.807) is 26.2 Å². The van der Waals surface area contributed by atoms with Gasteiger partial charge in [-0.2, -0.15) is 0 Å². The van der Waals surface area contributed by atoms with E-state index in [1.807, 2.05) is 6.92 Å². The first-order chi connectivity index (χ1) is 9.45. The lowest BCUT2D eigenvalue weighted by Crippen LogP contribution is -2.30. The molecule has 1 aromatic heterocycles. The number of nitrogens with zero attached hydrogens (tertiary/aromatic N) is 2. The summed E-state index contributed by atoms with van der Waals surface area (Å²) in [4.78, 5) is 28.8. The molecular formula is C13H18ClN3O3. The van der Waals surface area contributed by atoms with Gasteiger partial charge in [0.25, 0.3) is 5.91 Å². The van der Waals surface area contributed by atoms with E-state index >= 15 is 0 Å². The molecular weight excluding hydrogens is 282 g/mol. The molecule has 0 fully saturated rings. The maximum absolute atomic E-state index is 11.9. The fourth-order valence-electron chi connectivity index (χ4n) is 1.40. The molecule has 0 radical (unpaired) electrons. The van der Waals surface area contributed by atoms with Crippen LogP contribution in [0.4, 0.5) is 0 Å². The van der Waals surface area contributed by atoms with Crippen molar-refractivity contribution >= 4 is 23.4 Å². The smallest absolute Gasteiger partial charge is 0.271 e. The van der Waals surface area contributed by atoms with Crippen LogP contribution in [-0.4, -0.2) is 48.9 Å². The molecule has 20 heavy (non-hydrogen) atoms. The minimum absolute atomic E-state index is 0.0626. The third-order valence-electron chi connectivity index (χ3n) is 2.45. The Bertz CT molecular complexity index is 492. The number of hydrogen-bond donors (Lipinski definition) is 1. The summed E-state index contributed by atoms with van der Waals surface area (Å²) in [5, 5.41) is 2.85. The number of pyridine rings is 1. The van der Waals surface area contributed by atoms with Crippen molar-refractivity contribution in [1.82, 2.24) is 15.2 Å². The summed E-state index contributed by atoms with van der Waals surface area (Å²) in [5.41, 5.74) is 0.0925. The summed E-state index contributed by atoms with van der Waals surface area (Å²) in [6.45, 7) is 2.50. The summed E-state index contributed by atoms with van der Waals surface area (Å²) in [6, 6.07) is 3.15. The lowest BCUT2D eigenvalue weighted by Gasteiger charge is -2.11. The Morgan fingerprint density at radius 2 is 2.10 bits per heavy atom. The zero-order valence-corrected chi connectivity index (χ0v) is 12.5. The molecule has 0 bridgehead atoms. The zero-order valence-electron chi connectivity index (χ0n) is 11.8. The van der Waals surface area contributed by atoms with Gasteiger partial charge in [-0.1, -0.05) is 11.6 Å². The molecule has 0 atom stereocenters. The second kappa shape index (κ2) is 7.69. The van der Waals surface area contributed by atoms with Crippen LogP contribution in [0.5, 0.6) is 5.88 Å². The predicted molar refractivity (Wildman–Crippen MR) is 76.1 cm³/mol. The Morgan fingerprint density at radius 1 is 1.40 bits per heavy atom. The van der Waals surface area contributed by atoms with E-state index < -0.39 is 5.91 Å². The highest BCUT2D eigenvalue weighted by molar-refractivity contribution is 6.33. The lowest BCUT2D eigenvalue weighted by atomic mass is 10.3. The number of amides is 2. The van der Waals surface area contributed by atoms with Gasteiger partial charge in [0.2, 0.25) is 11.8 Å². The Morgan fingerprint density at radius 3 is 2.70 bits per heavy atom. The molecule has 1 N–H and O–H groups in total. The Kier molecular flexibility index (Phi) is 6.24. The quantitative estimate of drug-likeness (QED) is 0.860. The fourth-order valence-corrected chi connectivity index (χ4v) is 1.59. The topological polar surface area (TPSA) is 71.5 Å². The summed E-state index contributed by atoms with van der Waals surface area (Å²) in [6.07, 6.45) is 0.224. The van der Waals surface area contributed by atoms with Crippen molar-refractivity contribution < 1.29 is 14.3 Å². The average Bonchev–Trinajstić information content (AvgIpc) is 2.40. The van der Waals surface area contributed by atoms with Crippen molar-refractivity contribution in [2.24, 2.45) is 0 Å². The van der Waals surface area contributed by atoms with Crippen molar-refractivity contribution in [3.8, 4) is 5.88 Å². The van der Waals surface area contributed by atoms with Gasteiger partial charge >= 0.3 is 0 Å². The maximum Gasteiger partial charge on any atom is 0.271 e. The number of halogens is 1. The van der Waals surface area contributed by atoms with Crippen LogP contribution in [0.1, 0.15) is 23.8 Å². The van der Waals surface area contributed by atoms with Crippen LogP contribution in [0.3, 0.4) is 0 Å². The molecule has 0 unspecified atom stereocenters. The molecule has 6 nitrogen and oxygen atoms in total. The van der Waals surface area contributed by atoms with Gasteiger partial charge in [-0.25, -0.2) is 4.98 Å². The van der Waals surface area contributed by atoms with Crippen LogP contribution in [-0.2, 0) is 4.79 Å². The minimum atomic E-state index is -0.428. The summed E-state index contributed by atoms with van der Waals surface area (Å²) in [5.74, 6) is -0.151. The molecule has 2 amide bonds. The van der Waals surface area contributed by atoms with Crippen molar-refractivity contribution in [2.75, 3.05) is 27.2 Å². The van der Waals surface area contributed by atoms with Crippen molar-refractivity contribution in [3.63, 3.8) is 0 Å². The van der Waals surface area contributed by atoms with Gasteiger partial charge in [0.15, 0.2) is 5.69 Å². The van der Waals surface area contributed by atoms with Crippen molar-refractivity contribution in [1.29, 1.82) is 0 Å². The van der Waals surface area contributed by atoms with E-state index in [1.165, 1.54) is 4.90 Å². The van der Waals surface area contributed by atoms with E-state index in [-0.39, 0.29) is 29.6 Å². The van der Waals surface area contributed by atoms with Crippen LogP contribution in [0.25, 0.3) is 0 Å². The summed E-state index contributed by atoms with van der Waals surface area (Å²) >= 11 is 5.93. The van der Waals surface area contributed by atoms with Crippen LogP contribution in [0, 0.1) is 0 Å². The minimum Gasteiger partial charge on any atom is -0.478 e. The van der Waals surface area contributed by atoms with Crippen LogP contribution in [0.2, 0.25) is 5.02 Å². The summed E-state index contributed by atoms with van der Waals surface area (Å²) < 4.78 is 5.22. The van der Waals surface area contributed by atoms with Crippen molar-refractivity contribution in [2.45, 2.75) is 13.3 Å².